The molecule has 20 heterocycles. The van der Waals surface area contributed by atoms with Crippen LogP contribution in [0.5, 0.6) is 0 Å². The van der Waals surface area contributed by atoms with Gasteiger partial charge in [-0.25, -0.2) is 49.8 Å². The van der Waals surface area contributed by atoms with Crippen molar-refractivity contribution in [3.05, 3.63) is 216 Å². The van der Waals surface area contributed by atoms with Crippen LogP contribution in [0.1, 0.15) is 301 Å². The molecule has 144 heavy (non-hydrogen) atoms. The van der Waals surface area contributed by atoms with Crippen molar-refractivity contribution in [2.45, 2.75) is 202 Å². The second-order valence-electron chi connectivity index (χ2n) is 34.2. The van der Waals surface area contributed by atoms with Crippen molar-refractivity contribution in [3.63, 3.8) is 0 Å². The summed E-state index contributed by atoms with van der Waals surface area (Å²) in [5.41, 5.74) is 5.56. The van der Waals surface area contributed by atoms with E-state index in [2.05, 4.69) is 131 Å². The van der Waals surface area contributed by atoms with Gasteiger partial charge in [0, 0.05) is 194 Å². The van der Waals surface area contributed by atoms with Gasteiger partial charge >= 0.3 is 18.5 Å². The van der Waals surface area contributed by atoms with E-state index >= 15 is 0 Å². The molecule has 20 aromatic rings. The second kappa shape index (κ2) is 45.9. The molecule has 0 aliphatic carbocycles. The van der Waals surface area contributed by atoms with Crippen LogP contribution in [0, 0.1) is 17.5 Å². The van der Waals surface area contributed by atoms with Gasteiger partial charge in [0.1, 0.15) is 79.6 Å². The summed E-state index contributed by atoms with van der Waals surface area (Å²) in [4.78, 5) is 161. The number of halogens is 11. The van der Waals surface area contributed by atoms with Gasteiger partial charge in [-0.15, -0.1) is 68.9 Å². The Bertz CT molecular complexity index is 7470. The SMILES string of the molecule is CC(=O)c1cn2cc(C(C)(C)C)sc2n1.CC(=O)c1cn2cc(C(C)(C)C)sc2n1.CC(=O)c1cn2cc(C(C)C)sc2n1.CC(=O)c1cn2cc(C(C)C)sc2n1.CC(=O)c1cn2cc(Cl)sc2n1.CC(=O)c1nc2sc(C(F)(F)F)cn2c1C.CC(=O)c1nc2sc(C(F)(F)F)cn2c1C.CC(=O)c1nc2sc(C(F)(F)F)cn2c1I.CSc1cn2cc(C(C)=O)nc2s1.CSc1cn2cc(C(C)=O)nc2s1. The standard InChI is InChI=1S/2C11H14N2OS.2C10H12N2OS.2C9H7F3N2OS.C8H4F3IN2OS.2C8H8N2OS2.C7H5ClN2OS/c2*1-7(14)8-5-13-6-9(11(2,3)4)15-10(13)12-8;2*1-6(2)9-5-12-4-8(7(3)13)11-10(12)14-9;2*1-4-7(5(2)15)13-8-14(4)3-6(16-8)9(10,11)12;1-3(15)5-6(12)14-2-4(8(9,10)11)16-7(14)13-5;2*1-5(11)6-3-10-4-7(12-2)13-8(10)9-6;1-4(11)5-2-10-3-6(8)12-7(10)9-5/h2*5-6H,1-4H3;2*4-6H,1-3H3;2*3H,1-2H3;2H,1H3;2*3-4H,1-2H3;2-3H,1H3. The van der Waals surface area contributed by atoms with Gasteiger partial charge in [-0.1, -0.05) is 149 Å². The number of carbonyl (C=O) groups excluding carboxylic acids is 10. The van der Waals surface area contributed by atoms with E-state index in [1.54, 1.807) is 159 Å². The smallest absolute Gasteiger partial charge is 0.297 e. The number of thioether (sulfide) groups is 2. The Morgan fingerprint density at radius 2 is 0.521 bits per heavy atom. The maximum Gasteiger partial charge on any atom is 0.427 e. The van der Waals surface area contributed by atoms with Crippen LogP contribution in [0.3, 0.4) is 0 Å². The van der Waals surface area contributed by atoms with Gasteiger partial charge in [-0.2, -0.15) is 39.5 Å². The first kappa shape index (κ1) is 114. The van der Waals surface area contributed by atoms with E-state index in [1.165, 1.54) is 122 Å². The number of imidazole rings is 10. The number of aryl methyl sites for hydroxylation is 2. The Morgan fingerprint density at radius 1 is 0.292 bits per heavy atom. The molecule has 0 unspecified atom stereocenters. The van der Waals surface area contributed by atoms with Crippen LogP contribution in [0.25, 0.3) is 49.6 Å². The van der Waals surface area contributed by atoms with Crippen LogP contribution in [-0.2, 0) is 29.4 Å². The van der Waals surface area contributed by atoms with Crippen molar-refractivity contribution in [1.29, 1.82) is 0 Å². The number of ketones is 10. The van der Waals surface area contributed by atoms with Crippen molar-refractivity contribution >= 4 is 279 Å². The summed E-state index contributed by atoms with van der Waals surface area (Å²) >= 11 is 23.6. The second-order valence-corrected chi connectivity index (χ2v) is 48.2. The quantitative estimate of drug-likeness (QED) is 0.0422. The first-order valence-corrected chi connectivity index (χ1v) is 54.6. The first-order chi connectivity index (χ1) is 66.9. The number of carbonyl (C=O) groups is 10. The Morgan fingerprint density at radius 3 is 0.736 bits per heavy atom. The summed E-state index contributed by atoms with van der Waals surface area (Å²) in [5, 5.41) is 0. The molecule has 0 aromatic carbocycles. The topological polar surface area (TPSA) is 344 Å². The molecule has 20 aromatic heterocycles. The third kappa shape index (κ3) is 27.9. The van der Waals surface area contributed by atoms with Crippen LogP contribution in [0.4, 0.5) is 39.5 Å². The van der Waals surface area contributed by atoms with Crippen molar-refractivity contribution < 1.29 is 87.5 Å². The van der Waals surface area contributed by atoms with Crippen LogP contribution in [0.15, 0.2) is 114 Å². The summed E-state index contributed by atoms with van der Waals surface area (Å²) in [6.45, 7) is 39.5. The van der Waals surface area contributed by atoms with E-state index in [4.69, 9.17) is 11.6 Å². The largest absolute Gasteiger partial charge is 0.427 e. The van der Waals surface area contributed by atoms with Gasteiger partial charge in [-0.05, 0) is 71.6 Å². The normalized spacial score (nSPS) is 11.8. The highest BCUT2D eigenvalue weighted by Gasteiger charge is 2.37. The zero-order valence-electron chi connectivity index (χ0n) is 81.1. The predicted octanol–water partition coefficient (Wildman–Crippen LogP) is 27.2. The molecule has 0 fully saturated rings. The minimum atomic E-state index is -4.37. The number of hydrogen-bond acceptors (Lipinski definition) is 32. The predicted molar refractivity (Wildman–Crippen MR) is 562 cm³/mol. The Kier molecular flexibility index (Phi) is 36.2. The van der Waals surface area contributed by atoms with Gasteiger partial charge in [0.25, 0.3) is 0 Å². The maximum absolute atomic E-state index is 12.4. The number of alkyl halides is 9. The number of fused-ring (bicyclic) bond motifs is 10. The summed E-state index contributed by atoms with van der Waals surface area (Å²) < 4.78 is 132. The van der Waals surface area contributed by atoms with E-state index in [0.717, 1.165) is 53.3 Å². The summed E-state index contributed by atoms with van der Waals surface area (Å²) in [5.74, 6) is 0.360. The maximum atomic E-state index is 12.4. The molecule has 0 aliphatic rings. The number of aromatic nitrogens is 20. The van der Waals surface area contributed by atoms with Gasteiger partial charge < -0.3 is 0 Å². The Balaban J connectivity index is 0.000000153. The van der Waals surface area contributed by atoms with E-state index in [0.29, 0.717) is 105 Å². The number of thiazole rings is 10. The van der Waals surface area contributed by atoms with E-state index in [9.17, 15) is 87.5 Å². The highest BCUT2D eigenvalue weighted by molar-refractivity contribution is 14.1. The van der Waals surface area contributed by atoms with Crippen LogP contribution < -0.4 is 0 Å². The highest BCUT2D eigenvalue weighted by Crippen LogP contribution is 2.41. The van der Waals surface area contributed by atoms with Crippen LogP contribution in [-0.4, -0.2) is 164 Å². The highest BCUT2D eigenvalue weighted by atomic mass is 127. The lowest BCUT2D eigenvalue weighted by molar-refractivity contribution is -0.135. The lowest BCUT2D eigenvalue weighted by atomic mass is 9.95. The molecule has 0 amide bonds. The van der Waals surface area contributed by atoms with Crippen LogP contribution in [0.2, 0.25) is 4.34 Å². The molecule has 764 valence electrons. The van der Waals surface area contributed by atoms with Gasteiger partial charge in [0.15, 0.2) is 107 Å². The van der Waals surface area contributed by atoms with Crippen molar-refractivity contribution in [3.8, 4) is 0 Å². The van der Waals surface area contributed by atoms with E-state index < -0.39 is 33.2 Å². The minimum Gasteiger partial charge on any atom is -0.297 e. The molecular formula is C91H91ClF9IN20O10S12. The molecule has 0 saturated heterocycles. The monoisotopic (exact) mass is 2340 g/mol. The Labute approximate surface area is 882 Å². The summed E-state index contributed by atoms with van der Waals surface area (Å²) in [6, 6.07) is 0. The average molecular weight is 2340 g/mol. The molecular weight excluding hydrogens is 2250 g/mol. The minimum absolute atomic E-state index is 0.0154. The fourth-order valence-electron chi connectivity index (χ4n) is 12.1. The average Bonchev–Trinajstić information content (AvgIpc) is 1.62. The van der Waals surface area contributed by atoms with Gasteiger partial charge in [0.05, 0.1) is 19.8 Å². The fourth-order valence-corrected chi connectivity index (χ4v) is 23.8. The zero-order chi connectivity index (χ0) is 107. The number of nitrogens with zero attached hydrogens (tertiary/aromatic N) is 20. The van der Waals surface area contributed by atoms with Gasteiger partial charge in [-0.3, -0.25) is 92.0 Å². The Hall–Kier alpha value is -10.5. The fraction of sp³-hybridized carbons (Fsp3) is 0.341. The summed E-state index contributed by atoms with van der Waals surface area (Å²) in [7, 11) is 0. The lowest BCUT2D eigenvalue weighted by Gasteiger charge is -2.14. The van der Waals surface area contributed by atoms with Crippen molar-refractivity contribution in [1.82, 2.24) is 93.8 Å². The third-order valence-corrected chi connectivity index (χ3v) is 34.6. The van der Waals surface area contributed by atoms with Crippen LogP contribution >= 0.6 is 171 Å². The van der Waals surface area contributed by atoms with E-state index in [1.807, 2.05) is 86.3 Å². The molecule has 53 heteroatoms. The number of Topliss-reactive ketones (excluding diaryl/α,β-unsaturated/α-hetero) is 10. The number of rotatable bonds is 14. The molecule has 20 rings (SSSR count). The summed E-state index contributed by atoms with van der Waals surface area (Å²) in [6.07, 6.45) is 20.2. The molecule has 0 bridgehead atoms. The molecule has 0 saturated carbocycles. The molecule has 0 aliphatic heterocycles. The molecule has 0 atom stereocenters. The zero-order valence-corrected chi connectivity index (χ0v) is 93.8. The lowest BCUT2D eigenvalue weighted by Crippen LogP contribution is -2.08. The molecule has 0 radical (unpaired) electrons. The third-order valence-electron chi connectivity index (χ3n) is 19.8. The van der Waals surface area contributed by atoms with Gasteiger partial charge in [0.2, 0.25) is 0 Å². The molecule has 0 N–H and O–H groups in total. The van der Waals surface area contributed by atoms with Crippen molar-refractivity contribution in [2.24, 2.45) is 0 Å². The number of hydrogen-bond donors (Lipinski definition) is 0. The van der Waals surface area contributed by atoms with Crippen molar-refractivity contribution in [2.75, 3.05) is 12.5 Å². The molecule has 0 spiro atoms. The first-order valence-electron chi connectivity index (χ1n) is 42.5. The molecule has 30 nitrogen and oxygen atoms in total. The van der Waals surface area contributed by atoms with E-state index in [-0.39, 0.29) is 101 Å².